The summed E-state index contributed by atoms with van der Waals surface area (Å²) in [6.45, 7) is 4.91. The second-order valence-electron chi connectivity index (χ2n) is 6.46. The Balaban J connectivity index is 1.75. The number of hydrogen-bond acceptors (Lipinski definition) is 1. The molecule has 1 N–H and O–H groups in total. The zero-order valence-corrected chi connectivity index (χ0v) is 12.4. The molecular weight excluding hydrogens is 244 g/mol. The summed E-state index contributed by atoms with van der Waals surface area (Å²) >= 11 is 0. The minimum absolute atomic E-state index is 0.776. The molecule has 1 aliphatic carbocycles. The highest BCUT2D eigenvalue weighted by atomic mass is 15.2. The normalized spacial score (nSPS) is 26.4. The molecule has 4 rings (SSSR count). The average molecular weight is 268 g/mol. The van der Waals surface area contributed by atoms with Crippen LogP contribution in [0.3, 0.4) is 0 Å². The first-order valence-electron chi connectivity index (χ1n) is 8.21. The molecule has 0 amide bonds. The van der Waals surface area contributed by atoms with Gasteiger partial charge in [-0.15, -0.1) is 0 Å². The van der Waals surface area contributed by atoms with E-state index in [1.807, 2.05) is 0 Å². The number of benzene rings is 1. The second-order valence-corrected chi connectivity index (χ2v) is 6.46. The van der Waals surface area contributed by atoms with Gasteiger partial charge >= 0.3 is 0 Å². The van der Waals surface area contributed by atoms with Crippen LogP contribution in [-0.4, -0.2) is 29.0 Å². The van der Waals surface area contributed by atoms with Crippen molar-refractivity contribution < 1.29 is 0 Å². The van der Waals surface area contributed by atoms with E-state index >= 15 is 0 Å². The Kier molecular flexibility index (Phi) is 3.07. The minimum atomic E-state index is 0.776. The van der Waals surface area contributed by atoms with E-state index in [0.717, 1.165) is 12.0 Å². The number of H-pyrrole nitrogens is 1. The number of piperidine rings is 1. The fourth-order valence-electron chi connectivity index (χ4n) is 4.57. The van der Waals surface area contributed by atoms with E-state index in [1.165, 1.54) is 56.1 Å². The van der Waals surface area contributed by atoms with Crippen LogP contribution in [0, 0.1) is 0 Å². The van der Waals surface area contributed by atoms with Crippen LogP contribution < -0.4 is 0 Å². The van der Waals surface area contributed by atoms with E-state index in [1.54, 1.807) is 11.1 Å². The van der Waals surface area contributed by atoms with Crippen LogP contribution in [0.1, 0.15) is 49.7 Å². The predicted molar refractivity (Wildman–Crippen MR) is 84.2 cm³/mol. The van der Waals surface area contributed by atoms with Gasteiger partial charge in [-0.1, -0.05) is 13.0 Å². The lowest BCUT2D eigenvalue weighted by molar-refractivity contribution is 0.113. The topological polar surface area (TPSA) is 19.0 Å². The Labute approximate surface area is 121 Å². The van der Waals surface area contributed by atoms with E-state index in [9.17, 15) is 0 Å². The Hall–Kier alpha value is -1.28. The molecule has 2 aromatic rings. The van der Waals surface area contributed by atoms with Crippen molar-refractivity contribution in [2.24, 2.45) is 0 Å². The maximum absolute atomic E-state index is 3.36. The molecule has 1 aromatic heterocycles. The lowest BCUT2D eigenvalue weighted by Gasteiger charge is -2.45. The van der Waals surface area contributed by atoms with Crippen molar-refractivity contribution in [1.82, 2.24) is 9.88 Å². The zero-order chi connectivity index (χ0) is 13.5. The van der Waals surface area contributed by atoms with Crippen molar-refractivity contribution in [1.29, 1.82) is 0 Å². The summed E-state index contributed by atoms with van der Waals surface area (Å²) in [7, 11) is 0. The quantitative estimate of drug-likeness (QED) is 0.870. The van der Waals surface area contributed by atoms with Gasteiger partial charge in [-0.25, -0.2) is 0 Å². The van der Waals surface area contributed by atoms with E-state index < -0.39 is 0 Å². The minimum Gasteiger partial charge on any atom is -0.361 e. The summed E-state index contributed by atoms with van der Waals surface area (Å²) in [4.78, 5) is 6.12. The van der Waals surface area contributed by atoms with Crippen molar-refractivity contribution in [3.05, 3.63) is 35.5 Å². The predicted octanol–water partition coefficient (Wildman–Crippen LogP) is 4.07. The van der Waals surface area contributed by atoms with Gasteiger partial charge in [0.05, 0.1) is 0 Å². The molecule has 2 nitrogen and oxygen atoms in total. The van der Waals surface area contributed by atoms with Gasteiger partial charge in [0, 0.05) is 23.1 Å². The maximum Gasteiger partial charge on any atom is 0.0456 e. The molecule has 2 aliphatic rings. The van der Waals surface area contributed by atoms with Crippen LogP contribution in [0.15, 0.2) is 24.4 Å². The highest BCUT2D eigenvalue weighted by molar-refractivity contribution is 5.84. The third kappa shape index (κ3) is 1.81. The number of rotatable bonds is 2. The lowest BCUT2D eigenvalue weighted by atomic mass is 9.73. The highest BCUT2D eigenvalue weighted by Gasteiger charge is 2.36. The van der Waals surface area contributed by atoms with Crippen LogP contribution in [0.2, 0.25) is 0 Å². The number of nitrogens with zero attached hydrogens (tertiary/aromatic N) is 1. The van der Waals surface area contributed by atoms with Gasteiger partial charge in [0.1, 0.15) is 0 Å². The SMILES string of the molecule is CCCN1CCC[C@H]2c3ccc4[nH]ccc4c3CC[C@@H]21. The number of nitrogens with one attached hydrogen (secondary N) is 1. The fraction of sp³-hybridized carbons (Fsp3) is 0.556. The Morgan fingerprint density at radius 3 is 3.10 bits per heavy atom. The van der Waals surface area contributed by atoms with Crippen LogP contribution in [0.25, 0.3) is 10.9 Å². The average Bonchev–Trinajstić information content (AvgIpc) is 2.96. The number of aromatic nitrogens is 1. The molecule has 0 spiro atoms. The van der Waals surface area contributed by atoms with Crippen LogP contribution in [0.5, 0.6) is 0 Å². The monoisotopic (exact) mass is 268 g/mol. The van der Waals surface area contributed by atoms with Crippen molar-refractivity contribution in [2.45, 2.75) is 51.0 Å². The molecule has 0 saturated carbocycles. The molecule has 0 bridgehead atoms. The van der Waals surface area contributed by atoms with Crippen LogP contribution in [-0.2, 0) is 6.42 Å². The van der Waals surface area contributed by atoms with Gasteiger partial charge in [0.2, 0.25) is 0 Å². The third-order valence-electron chi connectivity index (χ3n) is 5.38. The first-order valence-corrected chi connectivity index (χ1v) is 8.21. The number of likely N-dealkylation sites (tertiary alicyclic amines) is 1. The zero-order valence-electron chi connectivity index (χ0n) is 12.4. The molecule has 1 aliphatic heterocycles. The summed E-state index contributed by atoms with van der Waals surface area (Å²) < 4.78 is 0. The van der Waals surface area contributed by atoms with Gasteiger partial charge in [-0.2, -0.15) is 0 Å². The molecule has 2 heteroatoms. The largest absolute Gasteiger partial charge is 0.361 e. The molecular formula is C18H24N2. The number of hydrogen-bond donors (Lipinski definition) is 1. The van der Waals surface area contributed by atoms with Gasteiger partial charge in [-0.3, -0.25) is 4.90 Å². The van der Waals surface area contributed by atoms with Gasteiger partial charge < -0.3 is 4.98 Å². The second kappa shape index (κ2) is 4.92. The van der Waals surface area contributed by atoms with E-state index in [2.05, 4.69) is 41.2 Å². The summed E-state index contributed by atoms with van der Waals surface area (Å²) in [5.41, 5.74) is 4.58. The number of aryl methyl sites for hydroxylation is 1. The third-order valence-corrected chi connectivity index (χ3v) is 5.38. The molecule has 1 saturated heterocycles. The molecule has 2 heterocycles. The molecule has 0 unspecified atom stereocenters. The molecule has 20 heavy (non-hydrogen) atoms. The first-order chi connectivity index (χ1) is 9.88. The Morgan fingerprint density at radius 1 is 1.25 bits per heavy atom. The summed E-state index contributed by atoms with van der Waals surface area (Å²) in [5.74, 6) is 0.776. The van der Waals surface area contributed by atoms with Crippen LogP contribution >= 0.6 is 0 Å². The summed E-state index contributed by atoms with van der Waals surface area (Å²) in [6, 6.07) is 7.75. The molecule has 2 atom stereocenters. The van der Waals surface area contributed by atoms with Gasteiger partial charge in [0.25, 0.3) is 0 Å². The lowest BCUT2D eigenvalue weighted by Crippen LogP contribution is -2.46. The molecule has 1 aromatic carbocycles. The standard InChI is InChI=1S/C18H24N2/c1-2-11-20-12-3-4-16-14-5-7-17-15(9-10-19-17)13(14)6-8-18(16)20/h5,7,9-10,16,18-19H,2-4,6,8,11-12H2,1H3/t16-,18-/m0/s1. The van der Waals surface area contributed by atoms with E-state index in [4.69, 9.17) is 0 Å². The smallest absolute Gasteiger partial charge is 0.0456 e. The van der Waals surface area contributed by atoms with Crippen molar-refractivity contribution in [3.8, 4) is 0 Å². The summed E-state index contributed by atoms with van der Waals surface area (Å²) in [5, 5.41) is 1.47. The van der Waals surface area contributed by atoms with E-state index in [-0.39, 0.29) is 0 Å². The Morgan fingerprint density at radius 2 is 2.20 bits per heavy atom. The molecule has 106 valence electrons. The van der Waals surface area contributed by atoms with E-state index in [0.29, 0.717) is 0 Å². The first kappa shape index (κ1) is 12.5. The van der Waals surface area contributed by atoms with Gasteiger partial charge in [-0.05, 0) is 74.4 Å². The van der Waals surface area contributed by atoms with Crippen molar-refractivity contribution in [3.63, 3.8) is 0 Å². The molecule has 1 fully saturated rings. The highest BCUT2D eigenvalue weighted by Crippen LogP contribution is 2.42. The van der Waals surface area contributed by atoms with Gasteiger partial charge in [0.15, 0.2) is 0 Å². The number of aromatic amines is 1. The molecule has 0 radical (unpaired) electrons. The number of fused-ring (bicyclic) bond motifs is 5. The fourth-order valence-corrected chi connectivity index (χ4v) is 4.57. The maximum atomic E-state index is 3.36. The van der Waals surface area contributed by atoms with Crippen molar-refractivity contribution >= 4 is 10.9 Å². The van der Waals surface area contributed by atoms with Crippen LogP contribution in [0.4, 0.5) is 0 Å². The Bertz CT molecular complexity index is 611. The summed E-state index contributed by atoms with van der Waals surface area (Å²) in [6.07, 6.45) is 8.72. The van der Waals surface area contributed by atoms with Crippen molar-refractivity contribution in [2.75, 3.05) is 13.1 Å².